The first-order chi connectivity index (χ1) is 7.24. The van der Waals surface area contributed by atoms with Gasteiger partial charge in [-0.3, -0.25) is 0 Å². The van der Waals surface area contributed by atoms with E-state index in [9.17, 15) is 0 Å². The van der Waals surface area contributed by atoms with Crippen molar-refractivity contribution in [3.05, 3.63) is 12.1 Å². The lowest BCUT2D eigenvalue weighted by molar-refractivity contribution is 0.253. The quantitative estimate of drug-likeness (QED) is 0.661. The molecule has 1 heterocycles. The second kappa shape index (κ2) is 4.02. The zero-order chi connectivity index (χ0) is 10.7. The number of nitrogen functional groups attached to an aromatic ring is 1. The summed E-state index contributed by atoms with van der Waals surface area (Å²) in [6.45, 7) is 1.11. The SMILES string of the molecule is Nc1ccc(NCC2(CCO)CC2)nn1. The maximum Gasteiger partial charge on any atom is 0.148 e. The summed E-state index contributed by atoms with van der Waals surface area (Å²) in [5, 5.41) is 19.8. The first kappa shape index (κ1) is 10.2. The summed E-state index contributed by atoms with van der Waals surface area (Å²) in [5.41, 5.74) is 5.72. The van der Waals surface area contributed by atoms with E-state index in [1.54, 1.807) is 6.07 Å². The Morgan fingerprint density at radius 2 is 2.20 bits per heavy atom. The van der Waals surface area contributed by atoms with Crippen molar-refractivity contribution in [3.8, 4) is 0 Å². The number of rotatable bonds is 5. The molecular formula is C10H16N4O. The van der Waals surface area contributed by atoms with Gasteiger partial charge in [0.25, 0.3) is 0 Å². The van der Waals surface area contributed by atoms with E-state index in [-0.39, 0.29) is 12.0 Å². The van der Waals surface area contributed by atoms with Crippen LogP contribution in [0.5, 0.6) is 0 Å². The molecule has 4 N–H and O–H groups in total. The number of nitrogens with one attached hydrogen (secondary N) is 1. The minimum Gasteiger partial charge on any atom is -0.396 e. The third-order valence-electron chi connectivity index (χ3n) is 2.93. The molecule has 0 amide bonds. The third kappa shape index (κ3) is 2.56. The average molecular weight is 208 g/mol. The van der Waals surface area contributed by atoms with E-state index >= 15 is 0 Å². The molecule has 0 unspecified atom stereocenters. The molecule has 1 aliphatic rings. The van der Waals surface area contributed by atoms with Crippen LogP contribution in [0.2, 0.25) is 0 Å². The van der Waals surface area contributed by atoms with Crippen LogP contribution in [0.1, 0.15) is 19.3 Å². The maximum absolute atomic E-state index is 8.90. The Bertz CT molecular complexity index is 321. The van der Waals surface area contributed by atoms with E-state index in [1.807, 2.05) is 6.07 Å². The number of nitrogens with zero attached hydrogens (tertiary/aromatic N) is 2. The molecule has 5 heteroatoms. The molecule has 1 aliphatic carbocycles. The fourth-order valence-corrected chi connectivity index (χ4v) is 1.64. The highest BCUT2D eigenvalue weighted by molar-refractivity contribution is 5.38. The zero-order valence-electron chi connectivity index (χ0n) is 8.61. The topological polar surface area (TPSA) is 84.1 Å². The lowest BCUT2D eigenvalue weighted by Gasteiger charge is -2.14. The predicted octanol–water partition coefficient (Wildman–Crippen LogP) is 0.633. The maximum atomic E-state index is 8.90. The van der Waals surface area contributed by atoms with Crippen molar-refractivity contribution < 1.29 is 5.11 Å². The first-order valence-electron chi connectivity index (χ1n) is 5.18. The summed E-state index contributed by atoms with van der Waals surface area (Å²) < 4.78 is 0. The molecule has 5 nitrogen and oxygen atoms in total. The molecule has 0 aromatic carbocycles. The number of anilines is 2. The molecule has 0 radical (unpaired) electrons. The Hall–Kier alpha value is -1.36. The molecule has 0 atom stereocenters. The molecule has 15 heavy (non-hydrogen) atoms. The van der Waals surface area contributed by atoms with Crippen molar-refractivity contribution in [2.75, 3.05) is 24.2 Å². The molecule has 2 rings (SSSR count). The largest absolute Gasteiger partial charge is 0.396 e. The predicted molar refractivity (Wildman–Crippen MR) is 58.3 cm³/mol. The number of hydrogen-bond donors (Lipinski definition) is 3. The van der Waals surface area contributed by atoms with Crippen molar-refractivity contribution in [1.29, 1.82) is 0 Å². The van der Waals surface area contributed by atoms with Gasteiger partial charge in [-0.15, -0.1) is 10.2 Å². The molecule has 0 aliphatic heterocycles. The Morgan fingerprint density at radius 3 is 2.73 bits per heavy atom. The number of aliphatic hydroxyl groups excluding tert-OH is 1. The van der Waals surface area contributed by atoms with Gasteiger partial charge >= 0.3 is 0 Å². The van der Waals surface area contributed by atoms with Gasteiger partial charge in [0.2, 0.25) is 0 Å². The second-order valence-electron chi connectivity index (χ2n) is 4.17. The van der Waals surface area contributed by atoms with Crippen molar-refractivity contribution in [2.45, 2.75) is 19.3 Å². The summed E-state index contributed by atoms with van der Waals surface area (Å²) in [7, 11) is 0. The van der Waals surface area contributed by atoms with Gasteiger partial charge in [0.1, 0.15) is 11.6 Å². The highest BCUT2D eigenvalue weighted by Gasteiger charge is 2.41. The van der Waals surface area contributed by atoms with Crippen LogP contribution in [0, 0.1) is 5.41 Å². The highest BCUT2D eigenvalue weighted by Crippen LogP contribution is 2.48. The van der Waals surface area contributed by atoms with Crippen LogP contribution in [0.3, 0.4) is 0 Å². The van der Waals surface area contributed by atoms with Crippen LogP contribution in [0.4, 0.5) is 11.6 Å². The molecule has 0 bridgehead atoms. The molecule has 82 valence electrons. The number of aliphatic hydroxyl groups is 1. The van der Waals surface area contributed by atoms with Crippen molar-refractivity contribution in [2.24, 2.45) is 5.41 Å². The first-order valence-corrected chi connectivity index (χ1v) is 5.18. The van der Waals surface area contributed by atoms with Crippen molar-refractivity contribution >= 4 is 11.6 Å². The Balaban J connectivity index is 1.85. The van der Waals surface area contributed by atoms with Gasteiger partial charge in [-0.2, -0.15) is 0 Å². The Morgan fingerprint density at radius 1 is 1.40 bits per heavy atom. The lowest BCUT2D eigenvalue weighted by Crippen LogP contribution is -2.17. The van der Waals surface area contributed by atoms with Crippen LogP contribution in [0.15, 0.2) is 12.1 Å². The van der Waals surface area contributed by atoms with Crippen LogP contribution in [0.25, 0.3) is 0 Å². The van der Waals surface area contributed by atoms with Gasteiger partial charge in [-0.05, 0) is 36.8 Å². The average Bonchev–Trinajstić information content (AvgIpc) is 2.99. The fraction of sp³-hybridized carbons (Fsp3) is 0.600. The van der Waals surface area contributed by atoms with Crippen molar-refractivity contribution in [1.82, 2.24) is 10.2 Å². The lowest BCUT2D eigenvalue weighted by atomic mass is 10.0. The van der Waals surface area contributed by atoms with Crippen LogP contribution >= 0.6 is 0 Å². The monoisotopic (exact) mass is 208 g/mol. The minimum absolute atomic E-state index is 0.259. The van der Waals surface area contributed by atoms with E-state index < -0.39 is 0 Å². The Labute approximate surface area is 88.7 Å². The molecule has 1 fully saturated rings. The summed E-state index contributed by atoms with van der Waals surface area (Å²) in [4.78, 5) is 0. The van der Waals surface area contributed by atoms with E-state index in [0.29, 0.717) is 5.82 Å². The van der Waals surface area contributed by atoms with Gasteiger partial charge in [0.15, 0.2) is 0 Å². The minimum atomic E-state index is 0.259. The van der Waals surface area contributed by atoms with Crippen molar-refractivity contribution in [3.63, 3.8) is 0 Å². The van der Waals surface area contributed by atoms with Gasteiger partial charge in [0.05, 0.1) is 0 Å². The summed E-state index contributed by atoms with van der Waals surface area (Å²) in [6, 6.07) is 3.54. The third-order valence-corrected chi connectivity index (χ3v) is 2.93. The molecule has 1 aromatic rings. The summed E-state index contributed by atoms with van der Waals surface area (Å²) >= 11 is 0. The van der Waals surface area contributed by atoms with Gasteiger partial charge in [-0.1, -0.05) is 0 Å². The van der Waals surface area contributed by atoms with E-state index in [4.69, 9.17) is 10.8 Å². The van der Waals surface area contributed by atoms with E-state index in [2.05, 4.69) is 15.5 Å². The van der Waals surface area contributed by atoms with Gasteiger partial charge in [0, 0.05) is 13.2 Å². The van der Waals surface area contributed by atoms with Crippen LogP contribution in [-0.2, 0) is 0 Å². The number of nitrogens with two attached hydrogens (primary N) is 1. The standard InChI is InChI=1S/C10H16N4O/c11-8-1-2-9(14-13-8)12-7-10(3-4-10)5-6-15/h1-2,15H,3-7H2,(H2,11,13)(H,12,14). The van der Waals surface area contributed by atoms with Crippen LogP contribution < -0.4 is 11.1 Å². The summed E-state index contributed by atoms with van der Waals surface area (Å²) in [6.07, 6.45) is 3.23. The fourth-order valence-electron chi connectivity index (χ4n) is 1.64. The van der Waals surface area contributed by atoms with E-state index in [0.717, 1.165) is 18.8 Å². The van der Waals surface area contributed by atoms with Gasteiger partial charge < -0.3 is 16.2 Å². The Kier molecular flexibility index (Phi) is 2.73. The molecular weight excluding hydrogens is 192 g/mol. The molecule has 0 spiro atoms. The highest BCUT2D eigenvalue weighted by atomic mass is 16.3. The number of aromatic nitrogens is 2. The molecule has 0 saturated heterocycles. The molecule has 1 saturated carbocycles. The molecule has 1 aromatic heterocycles. The smallest absolute Gasteiger partial charge is 0.148 e. The second-order valence-corrected chi connectivity index (χ2v) is 4.17. The van der Waals surface area contributed by atoms with Crippen LogP contribution in [-0.4, -0.2) is 28.5 Å². The zero-order valence-corrected chi connectivity index (χ0v) is 8.61. The van der Waals surface area contributed by atoms with Gasteiger partial charge in [-0.25, -0.2) is 0 Å². The normalized spacial score (nSPS) is 17.4. The van der Waals surface area contributed by atoms with E-state index in [1.165, 1.54) is 12.8 Å². The summed E-state index contributed by atoms with van der Waals surface area (Å²) in [5.74, 6) is 1.17. The number of hydrogen-bond acceptors (Lipinski definition) is 5.